The molecule has 4 heteroatoms. The van der Waals surface area contributed by atoms with Gasteiger partial charge in [0.1, 0.15) is 6.10 Å². The average molecular weight is 503 g/mol. The van der Waals surface area contributed by atoms with E-state index in [1.54, 1.807) is 0 Å². The fourth-order valence-corrected chi connectivity index (χ4v) is 3.96. The van der Waals surface area contributed by atoms with Crippen LogP contribution in [0.3, 0.4) is 0 Å². The maximum atomic E-state index is 12.4. The predicted octanol–water partition coefficient (Wildman–Crippen LogP) is 9.66. The first-order chi connectivity index (χ1) is 17.6. The van der Waals surface area contributed by atoms with E-state index in [1.165, 1.54) is 32.1 Å². The molecule has 0 radical (unpaired) electrons. The highest BCUT2D eigenvalue weighted by molar-refractivity contribution is 5.69. The molecule has 0 aliphatic carbocycles. The first-order valence-electron chi connectivity index (χ1n) is 14.6. The van der Waals surface area contributed by atoms with Gasteiger partial charge in [-0.2, -0.15) is 0 Å². The van der Waals surface area contributed by atoms with Crippen LogP contribution in [0.4, 0.5) is 0 Å². The number of carboxylic acids is 1. The molecule has 1 N–H and O–H groups in total. The van der Waals surface area contributed by atoms with E-state index in [-0.39, 0.29) is 18.5 Å². The number of carboxylic acid groups (broad SMARTS) is 1. The molecule has 206 valence electrons. The first-order valence-corrected chi connectivity index (χ1v) is 14.6. The van der Waals surface area contributed by atoms with Crippen molar-refractivity contribution < 1.29 is 19.4 Å². The molecular formula is C32H54O4. The van der Waals surface area contributed by atoms with Gasteiger partial charge in [-0.3, -0.25) is 9.59 Å². The molecule has 0 aliphatic rings. The van der Waals surface area contributed by atoms with Crippen LogP contribution in [0.5, 0.6) is 0 Å². The summed E-state index contributed by atoms with van der Waals surface area (Å²) in [5, 5.41) is 8.75. The Morgan fingerprint density at radius 2 is 1.14 bits per heavy atom. The zero-order valence-electron chi connectivity index (χ0n) is 23.3. The number of allylic oxidation sites excluding steroid dienone is 8. The number of hydrogen-bond donors (Lipinski definition) is 1. The fraction of sp³-hybridized carbons (Fsp3) is 0.688. The molecule has 0 saturated heterocycles. The monoisotopic (exact) mass is 502 g/mol. The maximum Gasteiger partial charge on any atom is 0.306 e. The van der Waals surface area contributed by atoms with Gasteiger partial charge >= 0.3 is 11.9 Å². The van der Waals surface area contributed by atoms with Gasteiger partial charge in [0.05, 0.1) is 0 Å². The number of carbonyl (C=O) groups is 2. The topological polar surface area (TPSA) is 63.6 Å². The highest BCUT2D eigenvalue weighted by atomic mass is 16.5. The van der Waals surface area contributed by atoms with Gasteiger partial charge in [0.25, 0.3) is 0 Å². The molecule has 0 fully saturated rings. The van der Waals surface area contributed by atoms with Gasteiger partial charge < -0.3 is 9.84 Å². The van der Waals surface area contributed by atoms with E-state index in [2.05, 4.69) is 62.5 Å². The van der Waals surface area contributed by atoms with Gasteiger partial charge in [0.2, 0.25) is 0 Å². The molecule has 0 aliphatic heterocycles. The SMILES string of the molecule is CC/C=C\C/C=C\C/C=C\C/C=C\CCC(=O)OC(CCCCCCCC)CCCCCCC(=O)O. The van der Waals surface area contributed by atoms with Gasteiger partial charge in [-0.15, -0.1) is 0 Å². The lowest BCUT2D eigenvalue weighted by atomic mass is 10.0. The number of esters is 1. The Hall–Kier alpha value is -2.10. The summed E-state index contributed by atoms with van der Waals surface area (Å²) in [5.41, 5.74) is 0. The van der Waals surface area contributed by atoms with Crippen molar-refractivity contribution in [1.82, 2.24) is 0 Å². The molecule has 1 atom stereocenters. The van der Waals surface area contributed by atoms with Crippen molar-refractivity contribution in [3.8, 4) is 0 Å². The van der Waals surface area contributed by atoms with Gasteiger partial charge in [-0.25, -0.2) is 0 Å². The smallest absolute Gasteiger partial charge is 0.306 e. The summed E-state index contributed by atoms with van der Waals surface area (Å²) >= 11 is 0. The summed E-state index contributed by atoms with van der Waals surface area (Å²) in [7, 11) is 0. The Morgan fingerprint density at radius 1 is 0.639 bits per heavy atom. The lowest BCUT2D eigenvalue weighted by Crippen LogP contribution is -2.18. The van der Waals surface area contributed by atoms with E-state index >= 15 is 0 Å². The van der Waals surface area contributed by atoms with E-state index in [4.69, 9.17) is 9.84 Å². The molecule has 0 bridgehead atoms. The molecule has 0 saturated carbocycles. The van der Waals surface area contributed by atoms with E-state index in [0.717, 1.165) is 77.0 Å². The molecule has 0 heterocycles. The summed E-state index contributed by atoms with van der Waals surface area (Å²) < 4.78 is 5.84. The summed E-state index contributed by atoms with van der Waals surface area (Å²) in [6.45, 7) is 4.37. The molecular weight excluding hydrogens is 448 g/mol. The van der Waals surface area contributed by atoms with Crippen LogP contribution in [0, 0.1) is 0 Å². The zero-order chi connectivity index (χ0) is 26.5. The van der Waals surface area contributed by atoms with E-state index < -0.39 is 5.97 Å². The van der Waals surface area contributed by atoms with Crippen LogP contribution in [-0.4, -0.2) is 23.1 Å². The highest BCUT2D eigenvalue weighted by Gasteiger charge is 2.14. The number of carbonyl (C=O) groups excluding carboxylic acids is 1. The van der Waals surface area contributed by atoms with Crippen LogP contribution in [0.2, 0.25) is 0 Å². The third kappa shape index (κ3) is 26.5. The Balaban J connectivity index is 4.15. The summed E-state index contributed by atoms with van der Waals surface area (Å²) in [5.74, 6) is -0.822. The number of hydrogen-bond acceptors (Lipinski definition) is 3. The first kappa shape index (κ1) is 33.9. The van der Waals surface area contributed by atoms with E-state index in [0.29, 0.717) is 6.42 Å². The van der Waals surface area contributed by atoms with Crippen molar-refractivity contribution >= 4 is 11.9 Å². The van der Waals surface area contributed by atoms with Crippen molar-refractivity contribution in [2.45, 2.75) is 142 Å². The van der Waals surface area contributed by atoms with Crippen LogP contribution in [-0.2, 0) is 14.3 Å². The van der Waals surface area contributed by atoms with Crippen molar-refractivity contribution in [1.29, 1.82) is 0 Å². The van der Waals surface area contributed by atoms with Gasteiger partial charge in [-0.1, -0.05) is 107 Å². The minimum atomic E-state index is -0.724. The van der Waals surface area contributed by atoms with Crippen LogP contribution in [0.15, 0.2) is 48.6 Å². The highest BCUT2D eigenvalue weighted by Crippen LogP contribution is 2.17. The third-order valence-corrected chi connectivity index (χ3v) is 6.08. The van der Waals surface area contributed by atoms with Crippen LogP contribution in [0.25, 0.3) is 0 Å². The summed E-state index contributed by atoms with van der Waals surface area (Å²) in [4.78, 5) is 23.0. The zero-order valence-corrected chi connectivity index (χ0v) is 23.3. The summed E-state index contributed by atoms with van der Waals surface area (Å²) in [6, 6.07) is 0. The molecule has 0 rings (SSSR count). The maximum absolute atomic E-state index is 12.4. The normalized spacial score (nSPS) is 12.9. The van der Waals surface area contributed by atoms with Crippen LogP contribution in [0.1, 0.15) is 136 Å². The molecule has 36 heavy (non-hydrogen) atoms. The molecule has 1 unspecified atom stereocenters. The lowest BCUT2D eigenvalue weighted by molar-refractivity contribution is -0.149. The van der Waals surface area contributed by atoms with Crippen LogP contribution >= 0.6 is 0 Å². The standard InChI is InChI=1S/C32H54O4/c1-3-5-7-9-11-12-13-14-15-16-17-19-25-29-32(35)36-30(26-22-18-10-8-6-4-2)27-23-20-21-24-28-31(33)34/h5,7,11-12,14-15,17,19,30H,3-4,6,8-10,13,16,18,20-29H2,1-2H3,(H,33,34)/b7-5-,12-11-,15-14-,19-17-. The van der Waals surface area contributed by atoms with Gasteiger partial charge in [0, 0.05) is 12.8 Å². The minimum Gasteiger partial charge on any atom is -0.481 e. The molecule has 0 aromatic carbocycles. The number of aliphatic carboxylic acids is 1. The van der Waals surface area contributed by atoms with Crippen molar-refractivity contribution in [2.75, 3.05) is 0 Å². The molecule has 0 aromatic heterocycles. The largest absolute Gasteiger partial charge is 0.481 e. The van der Waals surface area contributed by atoms with Crippen LogP contribution < -0.4 is 0 Å². The average Bonchev–Trinajstić information content (AvgIpc) is 2.85. The Bertz CT molecular complexity index is 630. The molecule has 4 nitrogen and oxygen atoms in total. The minimum absolute atomic E-state index is 0.000537. The second kappa shape index (κ2) is 27.5. The van der Waals surface area contributed by atoms with E-state index in [9.17, 15) is 9.59 Å². The second-order valence-electron chi connectivity index (χ2n) is 9.55. The molecule has 0 spiro atoms. The number of unbranched alkanes of at least 4 members (excludes halogenated alkanes) is 8. The number of ether oxygens (including phenoxy) is 1. The Labute approximate surface area is 222 Å². The van der Waals surface area contributed by atoms with Crippen molar-refractivity contribution in [2.24, 2.45) is 0 Å². The fourth-order valence-electron chi connectivity index (χ4n) is 3.96. The molecule has 0 amide bonds. The second-order valence-corrected chi connectivity index (χ2v) is 9.55. The van der Waals surface area contributed by atoms with Gasteiger partial charge in [0.15, 0.2) is 0 Å². The lowest BCUT2D eigenvalue weighted by Gasteiger charge is -2.18. The number of rotatable bonds is 25. The predicted molar refractivity (Wildman–Crippen MR) is 153 cm³/mol. The van der Waals surface area contributed by atoms with Gasteiger partial charge in [-0.05, 0) is 64.2 Å². The van der Waals surface area contributed by atoms with Crippen molar-refractivity contribution in [3.63, 3.8) is 0 Å². The Kier molecular flexibility index (Phi) is 25.9. The van der Waals surface area contributed by atoms with E-state index in [1.807, 2.05) is 0 Å². The Morgan fingerprint density at radius 3 is 1.69 bits per heavy atom. The third-order valence-electron chi connectivity index (χ3n) is 6.08. The van der Waals surface area contributed by atoms with Crippen molar-refractivity contribution in [3.05, 3.63) is 48.6 Å². The summed E-state index contributed by atoms with van der Waals surface area (Å²) in [6.07, 6.45) is 35.5. The molecule has 0 aromatic rings. The quantitative estimate of drug-likeness (QED) is 0.0766.